The van der Waals surface area contributed by atoms with Crippen LogP contribution >= 0.6 is 11.3 Å². The molecule has 1 aromatic carbocycles. The molecule has 3 fully saturated rings. The molecular formula is C20H22N4OS. The van der Waals surface area contributed by atoms with Crippen molar-refractivity contribution in [2.24, 2.45) is 5.92 Å². The largest absolute Gasteiger partial charge is 0.391 e. The molecule has 1 N–H and O–H groups in total. The summed E-state index contributed by atoms with van der Waals surface area (Å²) in [5.41, 5.74) is 3.21. The number of piperidine rings is 3. The van der Waals surface area contributed by atoms with Gasteiger partial charge in [0.2, 0.25) is 0 Å². The Bertz CT molecular complexity index is 893. The van der Waals surface area contributed by atoms with Crippen LogP contribution in [0.5, 0.6) is 0 Å². The van der Waals surface area contributed by atoms with Crippen LogP contribution in [0.4, 0.5) is 0 Å². The fourth-order valence-electron chi connectivity index (χ4n) is 4.23. The Labute approximate surface area is 156 Å². The van der Waals surface area contributed by atoms with E-state index in [9.17, 15) is 5.11 Å². The lowest BCUT2D eigenvalue weighted by Crippen LogP contribution is -2.48. The lowest BCUT2D eigenvalue weighted by Gasteiger charge is -2.44. The molecule has 26 heavy (non-hydrogen) atoms. The fraction of sp³-hybridized carbons (Fsp3) is 0.400. The first-order valence-electron chi connectivity index (χ1n) is 9.25. The van der Waals surface area contributed by atoms with Gasteiger partial charge in [-0.2, -0.15) is 0 Å². The molecule has 3 aromatic rings. The second-order valence-electron chi connectivity index (χ2n) is 7.29. The highest BCUT2D eigenvalue weighted by atomic mass is 32.1. The number of aliphatic hydroxyl groups is 1. The van der Waals surface area contributed by atoms with Gasteiger partial charge < -0.3 is 10.0 Å². The van der Waals surface area contributed by atoms with Gasteiger partial charge >= 0.3 is 0 Å². The number of nitrogens with zero attached hydrogens (tertiary/aromatic N) is 4. The number of benzene rings is 1. The smallest absolute Gasteiger partial charge is 0.113 e. The standard InChI is InChI=1S/C20H22N4OS/c25-13-17-5-6-20(26-17)16-3-1-14(2-4-16)18-11-24(22-21-18)19-12-23-9-7-15(19)8-10-23/h1-6,11,15,19,25H,7-10,12-13H2. The lowest BCUT2D eigenvalue weighted by molar-refractivity contribution is 0.0504. The Balaban J connectivity index is 1.36. The quantitative estimate of drug-likeness (QED) is 0.769. The van der Waals surface area contributed by atoms with E-state index in [-0.39, 0.29) is 6.61 Å². The predicted octanol–water partition coefficient (Wildman–Crippen LogP) is 3.43. The summed E-state index contributed by atoms with van der Waals surface area (Å²) in [6.07, 6.45) is 4.67. The van der Waals surface area contributed by atoms with Gasteiger partial charge in [-0.25, -0.2) is 4.68 Å². The number of fused-ring (bicyclic) bond motifs is 3. The third-order valence-electron chi connectivity index (χ3n) is 5.75. The van der Waals surface area contributed by atoms with E-state index in [0.717, 1.165) is 28.6 Å². The van der Waals surface area contributed by atoms with Gasteiger partial charge in [-0.1, -0.05) is 29.5 Å². The second-order valence-corrected chi connectivity index (χ2v) is 8.46. The van der Waals surface area contributed by atoms with Crippen molar-refractivity contribution in [3.63, 3.8) is 0 Å². The topological polar surface area (TPSA) is 54.2 Å². The number of rotatable bonds is 4. The monoisotopic (exact) mass is 366 g/mol. The van der Waals surface area contributed by atoms with E-state index in [2.05, 4.69) is 56.4 Å². The minimum absolute atomic E-state index is 0.103. The summed E-state index contributed by atoms with van der Waals surface area (Å²) in [6.45, 7) is 3.69. The molecule has 0 aliphatic carbocycles. The summed E-state index contributed by atoms with van der Waals surface area (Å²) in [6, 6.07) is 13.0. The summed E-state index contributed by atoms with van der Waals surface area (Å²) in [7, 11) is 0. The first-order chi connectivity index (χ1) is 12.8. The van der Waals surface area contributed by atoms with Crippen molar-refractivity contribution in [3.05, 3.63) is 47.5 Å². The number of hydrogen-bond acceptors (Lipinski definition) is 5. The highest BCUT2D eigenvalue weighted by molar-refractivity contribution is 7.15. The van der Waals surface area contributed by atoms with E-state index in [4.69, 9.17) is 0 Å². The van der Waals surface area contributed by atoms with Crippen LogP contribution in [0.3, 0.4) is 0 Å². The molecule has 3 aliphatic heterocycles. The Kier molecular flexibility index (Phi) is 4.11. The molecule has 134 valence electrons. The van der Waals surface area contributed by atoms with Crippen LogP contribution in [0.15, 0.2) is 42.6 Å². The SMILES string of the molecule is OCc1ccc(-c2ccc(-c3cn(C4CN5CCC4CC5)nn3)cc2)s1. The van der Waals surface area contributed by atoms with E-state index in [1.165, 1.54) is 36.4 Å². The second kappa shape index (κ2) is 6.61. The summed E-state index contributed by atoms with van der Waals surface area (Å²) in [4.78, 5) is 4.71. The molecule has 0 spiro atoms. The molecule has 0 amide bonds. The summed E-state index contributed by atoms with van der Waals surface area (Å²) in [5.74, 6) is 0.747. The molecule has 1 atom stereocenters. The molecule has 0 radical (unpaired) electrons. The Morgan fingerprint density at radius 2 is 1.81 bits per heavy atom. The van der Waals surface area contributed by atoms with Gasteiger partial charge in [0.1, 0.15) is 5.69 Å². The number of thiophene rings is 1. The molecular weight excluding hydrogens is 344 g/mol. The average Bonchev–Trinajstić information content (AvgIpc) is 3.39. The van der Waals surface area contributed by atoms with Crippen molar-refractivity contribution in [2.75, 3.05) is 19.6 Å². The third kappa shape index (κ3) is 2.88. The van der Waals surface area contributed by atoms with Crippen molar-refractivity contribution in [1.29, 1.82) is 0 Å². The van der Waals surface area contributed by atoms with E-state index >= 15 is 0 Å². The highest BCUT2D eigenvalue weighted by Crippen LogP contribution is 2.36. The van der Waals surface area contributed by atoms with Gasteiger partial charge in [-0.3, -0.25) is 0 Å². The molecule has 6 rings (SSSR count). The minimum Gasteiger partial charge on any atom is -0.391 e. The van der Waals surface area contributed by atoms with Crippen molar-refractivity contribution in [1.82, 2.24) is 19.9 Å². The first kappa shape index (κ1) is 16.2. The van der Waals surface area contributed by atoms with Gasteiger partial charge in [0, 0.05) is 21.9 Å². The summed E-state index contributed by atoms with van der Waals surface area (Å²) >= 11 is 1.63. The molecule has 0 saturated carbocycles. The normalized spacial score (nSPS) is 24.9. The zero-order valence-electron chi connectivity index (χ0n) is 14.6. The Hall–Kier alpha value is -2.02. The fourth-order valence-corrected chi connectivity index (χ4v) is 5.10. The van der Waals surface area contributed by atoms with Crippen molar-refractivity contribution < 1.29 is 5.11 Å². The van der Waals surface area contributed by atoms with E-state index in [1.807, 2.05) is 6.07 Å². The van der Waals surface area contributed by atoms with Crippen LogP contribution in [0.25, 0.3) is 21.7 Å². The van der Waals surface area contributed by atoms with E-state index in [1.54, 1.807) is 11.3 Å². The highest BCUT2D eigenvalue weighted by Gasteiger charge is 2.35. The molecule has 2 bridgehead atoms. The molecule has 6 heteroatoms. The van der Waals surface area contributed by atoms with Gasteiger partial charge in [-0.05, 0) is 49.5 Å². The van der Waals surface area contributed by atoms with Gasteiger partial charge in [0.25, 0.3) is 0 Å². The predicted molar refractivity (Wildman–Crippen MR) is 103 cm³/mol. The Morgan fingerprint density at radius 3 is 2.46 bits per heavy atom. The van der Waals surface area contributed by atoms with Gasteiger partial charge in [-0.15, -0.1) is 16.4 Å². The van der Waals surface area contributed by atoms with Crippen LogP contribution in [0, 0.1) is 5.92 Å². The molecule has 3 aliphatic rings. The van der Waals surface area contributed by atoms with Gasteiger partial charge in [0.05, 0.1) is 18.8 Å². The third-order valence-corrected chi connectivity index (χ3v) is 6.87. The number of aliphatic hydroxyl groups excluding tert-OH is 1. The molecule has 2 aromatic heterocycles. The van der Waals surface area contributed by atoms with Crippen molar-refractivity contribution in [3.8, 4) is 21.7 Å². The summed E-state index contributed by atoms with van der Waals surface area (Å²) in [5, 5.41) is 18.1. The molecule has 5 heterocycles. The minimum atomic E-state index is 0.103. The van der Waals surface area contributed by atoms with Crippen LogP contribution in [-0.2, 0) is 6.61 Å². The summed E-state index contributed by atoms with van der Waals surface area (Å²) < 4.78 is 2.09. The average molecular weight is 366 g/mol. The number of hydrogen-bond donors (Lipinski definition) is 1. The molecule has 5 nitrogen and oxygen atoms in total. The number of aromatic nitrogens is 3. The Morgan fingerprint density at radius 1 is 1.04 bits per heavy atom. The van der Waals surface area contributed by atoms with Crippen LogP contribution in [-0.4, -0.2) is 44.6 Å². The molecule has 3 saturated heterocycles. The van der Waals surface area contributed by atoms with E-state index in [0.29, 0.717) is 6.04 Å². The zero-order chi connectivity index (χ0) is 17.5. The lowest BCUT2D eigenvalue weighted by atomic mass is 9.84. The van der Waals surface area contributed by atoms with Crippen molar-refractivity contribution in [2.45, 2.75) is 25.5 Å². The van der Waals surface area contributed by atoms with Crippen LogP contribution < -0.4 is 0 Å². The van der Waals surface area contributed by atoms with E-state index < -0.39 is 0 Å². The first-order valence-corrected chi connectivity index (χ1v) is 10.1. The van der Waals surface area contributed by atoms with Gasteiger partial charge in [0.15, 0.2) is 0 Å². The molecule has 1 unspecified atom stereocenters. The van der Waals surface area contributed by atoms with Crippen LogP contribution in [0.2, 0.25) is 0 Å². The van der Waals surface area contributed by atoms with Crippen LogP contribution in [0.1, 0.15) is 23.8 Å². The maximum atomic E-state index is 9.23. The maximum Gasteiger partial charge on any atom is 0.113 e. The zero-order valence-corrected chi connectivity index (χ0v) is 15.4. The van der Waals surface area contributed by atoms with Crippen molar-refractivity contribution >= 4 is 11.3 Å². The maximum absolute atomic E-state index is 9.23.